The van der Waals surface area contributed by atoms with E-state index in [4.69, 9.17) is 21.7 Å². The van der Waals surface area contributed by atoms with Crippen molar-refractivity contribution < 1.29 is 14.6 Å². The summed E-state index contributed by atoms with van der Waals surface area (Å²) in [6.07, 6.45) is 0.765. The summed E-state index contributed by atoms with van der Waals surface area (Å²) in [7, 11) is 3.16. The highest BCUT2D eigenvalue weighted by atomic mass is 32.1. The summed E-state index contributed by atoms with van der Waals surface area (Å²) >= 11 is 5.40. The highest BCUT2D eigenvalue weighted by Crippen LogP contribution is 2.38. The predicted octanol–water partition coefficient (Wildman–Crippen LogP) is 3.47. The number of fused-ring (bicyclic) bond motifs is 1. The first-order valence-corrected chi connectivity index (χ1v) is 10.4. The summed E-state index contributed by atoms with van der Waals surface area (Å²) in [5.74, 6) is 1.01. The van der Waals surface area contributed by atoms with Crippen LogP contribution < -0.4 is 20.3 Å². The Hall–Kier alpha value is -3.10. The maximum Gasteiger partial charge on any atom is 0.260 e. The molecular formula is C23H25N3O4S. The normalized spacial score (nSPS) is 15.4. The number of aromatic nitrogens is 2. The van der Waals surface area contributed by atoms with Gasteiger partial charge in [0.2, 0.25) is 5.88 Å². The molecule has 0 amide bonds. The Morgan fingerprint density at radius 2 is 1.71 bits per heavy atom. The topological polar surface area (TPSA) is 88.5 Å². The fourth-order valence-corrected chi connectivity index (χ4v) is 4.54. The van der Waals surface area contributed by atoms with E-state index in [1.165, 1.54) is 4.57 Å². The van der Waals surface area contributed by atoms with Crippen molar-refractivity contribution in [2.75, 3.05) is 20.8 Å². The Morgan fingerprint density at radius 3 is 2.35 bits per heavy atom. The average molecular weight is 440 g/mol. The molecule has 2 aromatic carbocycles. The molecule has 0 bridgehead atoms. The summed E-state index contributed by atoms with van der Waals surface area (Å²) in [6.45, 7) is 4.59. The monoisotopic (exact) mass is 439 g/mol. The van der Waals surface area contributed by atoms with Crippen molar-refractivity contribution in [1.29, 1.82) is 0 Å². The minimum absolute atomic E-state index is 0.139. The van der Waals surface area contributed by atoms with Crippen LogP contribution in [0.2, 0.25) is 0 Å². The number of H-pyrrole nitrogens is 1. The number of benzene rings is 2. The average Bonchev–Trinajstić information content (AvgIpc) is 2.71. The third-order valence-electron chi connectivity index (χ3n) is 5.57. The van der Waals surface area contributed by atoms with Gasteiger partial charge in [0.15, 0.2) is 16.3 Å². The van der Waals surface area contributed by atoms with Gasteiger partial charge in [-0.15, -0.1) is 0 Å². The number of aromatic hydroxyl groups is 1. The lowest BCUT2D eigenvalue weighted by Crippen LogP contribution is -2.35. The van der Waals surface area contributed by atoms with Crippen LogP contribution in [0.25, 0.3) is 5.69 Å². The number of methoxy groups -OCH3 is 2. The van der Waals surface area contributed by atoms with E-state index in [1.807, 2.05) is 44.2 Å². The molecule has 0 unspecified atom stereocenters. The second-order valence-electron chi connectivity index (χ2n) is 7.72. The summed E-state index contributed by atoms with van der Waals surface area (Å²) in [5.41, 5.74) is 4.42. The molecule has 2 heterocycles. The molecule has 31 heavy (non-hydrogen) atoms. The summed E-state index contributed by atoms with van der Waals surface area (Å²) in [6, 6.07) is 9.12. The van der Waals surface area contributed by atoms with Crippen LogP contribution in [0.5, 0.6) is 17.4 Å². The molecular weight excluding hydrogens is 414 g/mol. The van der Waals surface area contributed by atoms with Crippen LogP contribution in [0.3, 0.4) is 0 Å². The minimum atomic E-state index is -0.528. The number of nitrogens with one attached hydrogen (secondary N) is 2. The number of aromatic amines is 1. The van der Waals surface area contributed by atoms with Crippen LogP contribution in [0.4, 0.5) is 0 Å². The van der Waals surface area contributed by atoms with Gasteiger partial charge in [0.05, 0.1) is 31.5 Å². The van der Waals surface area contributed by atoms with Gasteiger partial charge in [0, 0.05) is 6.54 Å². The van der Waals surface area contributed by atoms with Gasteiger partial charge in [-0.1, -0.05) is 6.07 Å². The molecule has 0 fully saturated rings. The molecule has 1 atom stereocenters. The largest absolute Gasteiger partial charge is 0.494 e. The first kappa shape index (κ1) is 21.1. The van der Waals surface area contributed by atoms with Crippen LogP contribution in [0.1, 0.15) is 33.9 Å². The maximum atomic E-state index is 13.0. The van der Waals surface area contributed by atoms with Crippen LogP contribution >= 0.6 is 12.2 Å². The number of nitrogens with zero attached hydrogens (tertiary/aromatic N) is 1. The fourth-order valence-electron chi connectivity index (χ4n) is 4.26. The number of hydrogen-bond acceptors (Lipinski definition) is 6. The first-order valence-electron chi connectivity index (χ1n) is 9.99. The molecule has 1 aromatic heterocycles. The Labute approximate surface area is 185 Å². The van der Waals surface area contributed by atoms with E-state index in [2.05, 4.69) is 10.3 Å². The SMILES string of the molecule is COc1cc2c(cc1OC)[C@@H](c1c(O)n(-c3cc(C)cc(C)c3)c(=S)[nH]c1=O)NCC2. The number of ether oxygens (including phenoxy) is 2. The second-order valence-corrected chi connectivity index (χ2v) is 8.11. The summed E-state index contributed by atoms with van der Waals surface area (Å²) in [4.78, 5) is 15.7. The molecule has 7 nitrogen and oxygen atoms in total. The lowest BCUT2D eigenvalue weighted by molar-refractivity contribution is 0.352. The standard InChI is InChI=1S/C23H25N3O4S/c1-12-7-13(2)9-15(8-12)26-22(28)19(21(27)25-23(26)31)20-16-11-18(30-4)17(29-3)10-14(16)5-6-24-20/h7-11,20,24,28H,5-6H2,1-4H3,(H,25,27,31)/t20-/m0/s1. The molecule has 0 saturated carbocycles. The van der Waals surface area contributed by atoms with Gasteiger partial charge in [-0.2, -0.15) is 0 Å². The van der Waals surface area contributed by atoms with E-state index in [-0.39, 0.29) is 16.2 Å². The van der Waals surface area contributed by atoms with E-state index in [0.29, 0.717) is 23.7 Å². The van der Waals surface area contributed by atoms with Crippen molar-refractivity contribution in [3.63, 3.8) is 0 Å². The van der Waals surface area contributed by atoms with Crippen molar-refractivity contribution in [3.8, 4) is 23.1 Å². The van der Waals surface area contributed by atoms with E-state index in [0.717, 1.165) is 28.7 Å². The molecule has 1 aliphatic rings. The molecule has 0 saturated heterocycles. The molecule has 0 radical (unpaired) electrons. The first-order chi connectivity index (χ1) is 14.8. The van der Waals surface area contributed by atoms with E-state index >= 15 is 0 Å². The van der Waals surface area contributed by atoms with Gasteiger partial charge >= 0.3 is 0 Å². The number of hydrogen-bond donors (Lipinski definition) is 3. The molecule has 0 spiro atoms. The highest BCUT2D eigenvalue weighted by Gasteiger charge is 2.30. The molecule has 4 rings (SSSR count). The zero-order valence-electron chi connectivity index (χ0n) is 17.9. The molecule has 162 valence electrons. The third kappa shape index (κ3) is 3.73. The van der Waals surface area contributed by atoms with Gasteiger partial charge in [-0.05, 0) is 79.0 Å². The molecule has 1 aliphatic heterocycles. The fraction of sp³-hybridized carbons (Fsp3) is 0.304. The van der Waals surface area contributed by atoms with Gasteiger partial charge < -0.3 is 19.9 Å². The van der Waals surface area contributed by atoms with Crippen molar-refractivity contribution >= 4 is 12.2 Å². The Kier molecular flexibility index (Phi) is 5.60. The zero-order valence-corrected chi connectivity index (χ0v) is 18.7. The third-order valence-corrected chi connectivity index (χ3v) is 5.86. The second kappa shape index (κ2) is 8.20. The highest BCUT2D eigenvalue weighted by molar-refractivity contribution is 7.71. The van der Waals surface area contributed by atoms with Crippen molar-refractivity contribution in [2.45, 2.75) is 26.3 Å². The van der Waals surface area contributed by atoms with E-state index < -0.39 is 11.6 Å². The lowest BCUT2D eigenvalue weighted by atomic mass is 9.90. The van der Waals surface area contributed by atoms with Crippen molar-refractivity contribution in [1.82, 2.24) is 14.9 Å². The predicted molar refractivity (Wildman–Crippen MR) is 121 cm³/mol. The summed E-state index contributed by atoms with van der Waals surface area (Å²) < 4.78 is 12.5. The minimum Gasteiger partial charge on any atom is -0.494 e. The van der Waals surface area contributed by atoms with E-state index in [1.54, 1.807) is 14.2 Å². The van der Waals surface area contributed by atoms with Gasteiger partial charge in [0.1, 0.15) is 0 Å². The van der Waals surface area contributed by atoms with Crippen LogP contribution in [-0.2, 0) is 6.42 Å². The number of aryl methyl sites for hydroxylation is 2. The maximum absolute atomic E-state index is 13.0. The van der Waals surface area contributed by atoms with Gasteiger partial charge in [0.25, 0.3) is 5.56 Å². The molecule has 3 N–H and O–H groups in total. The smallest absolute Gasteiger partial charge is 0.260 e. The van der Waals surface area contributed by atoms with Crippen LogP contribution in [-0.4, -0.2) is 35.4 Å². The van der Waals surface area contributed by atoms with Gasteiger partial charge in [-0.3, -0.25) is 14.3 Å². The van der Waals surface area contributed by atoms with E-state index in [9.17, 15) is 9.90 Å². The zero-order chi connectivity index (χ0) is 22.3. The Balaban J connectivity index is 1.95. The quantitative estimate of drug-likeness (QED) is 0.540. The number of rotatable bonds is 4. The van der Waals surface area contributed by atoms with Crippen molar-refractivity contribution in [2.24, 2.45) is 0 Å². The summed E-state index contributed by atoms with van der Waals surface area (Å²) in [5, 5.41) is 14.6. The van der Waals surface area contributed by atoms with Crippen molar-refractivity contribution in [3.05, 3.63) is 73.3 Å². The van der Waals surface area contributed by atoms with Crippen LogP contribution in [0.15, 0.2) is 35.1 Å². The Bertz CT molecular complexity index is 1260. The molecule has 0 aliphatic carbocycles. The lowest BCUT2D eigenvalue weighted by Gasteiger charge is -2.29. The van der Waals surface area contributed by atoms with Crippen LogP contribution in [0, 0.1) is 18.6 Å². The Morgan fingerprint density at radius 1 is 1.06 bits per heavy atom. The molecule has 3 aromatic rings. The van der Waals surface area contributed by atoms with Gasteiger partial charge in [-0.25, -0.2) is 0 Å². The molecule has 8 heteroatoms.